The van der Waals surface area contributed by atoms with Gasteiger partial charge in [0.25, 0.3) is 0 Å². The third kappa shape index (κ3) is 3.96. The molecule has 1 aromatic carbocycles. The lowest BCUT2D eigenvalue weighted by molar-refractivity contribution is -0.147. The number of carbonyl (C=O) groups is 1. The van der Waals surface area contributed by atoms with E-state index in [2.05, 4.69) is 41.9 Å². The minimum absolute atomic E-state index is 0.409. The highest BCUT2D eigenvalue weighted by Crippen LogP contribution is 2.35. The number of carbonyl (C=O) groups excluding carboxylic acids is 1. The molecule has 0 amide bonds. The quantitative estimate of drug-likeness (QED) is 0.798. The second kappa shape index (κ2) is 7.11. The number of hydrogen-bond donors (Lipinski definition) is 1. The van der Waals surface area contributed by atoms with Crippen molar-refractivity contribution in [2.45, 2.75) is 19.6 Å². The molecule has 1 aromatic rings. The molecule has 0 bridgehead atoms. The van der Waals surface area contributed by atoms with Crippen molar-refractivity contribution < 1.29 is 14.3 Å². The minimum atomic E-state index is -0.655. The smallest absolute Gasteiger partial charge is 0.346 e. The molecular formula is C12H15Br2NO3. The molecule has 1 atom stereocenters. The number of hydrogen-bond acceptors (Lipinski definition) is 4. The van der Waals surface area contributed by atoms with E-state index in [4.69, 9.17) is 4.74 Å². The van der Waals surface area contributed by atoms with Crippen LogP contribution in [0.2, 0.25) is 0 Å². The highest BCUT2D eigenvalue weighted by atomic mass is 79.9. The van der Waals surface area contributed by atoms with Gasteiger partial charge in [-0.05, 0) is 63.5 Å². The number of ether oxygens (including phenoxy) is 2. The zero-order chi connectivity index (χ0) is 13.7. The van der Waals surface area contributed by atoms with Crippen molar-refractivity contribution in [2.75, 3.05) is 14.2 Å². The van der Waals surface area contributed by atoms with E-state index in [1.807, 2.05) is 19.2 Å². The minimum Gasteiger partial charge on any atom is -0.477 e. The monoisotopic (exact) mass is 379 g/mol. The molecule has 0 aliphatic heterocycles. The predicted octanol–water partition coefficient (Wildman–Crippen LogP) is 2.87. The largest absolute Gasteiger partial charge is 0.477 e. The van der Waals surface area contributed by atoms with E-state index in [9.17, 15) is 4.79 Å². The van der Waals surface area contributed by atoms with Gasteiger partial charge in [-0.15, -0.1) is 0 Å². The standard InChI is InChI=1S/C12H15Br2NO3/c1-7(12(16)17-3)18-11-9(13)4-8(6-15-2)5-10(11)14/h4-5,7,15H,6H2,1-3H3. The Morgan fingerprint density at radius 3 is 2.39 bits per heavy atom. The van der Waals surface area contributed by atoms with Gasteiger partial charge in [0.2, 0.25) is 0 Å². The molecule has 0 radical (unpaired) electrons. The summed E-state index contributed by atoms with van der Waals surface area (Å²) >= 11 is 6.87. The topological polar surface area (TPSA) is 47.6 Å². The molecule has 100 valence electrons. The van der Waals surface area contributed by atoms with Crippen molar-refractivity contribution in [3.05, 3.63) is 26.6 Å². The van der Waals surface area contributed by atoms with Crippen LogP contribution in [-0.2, 0) is 16.1 Å². The van der Waals surface area contributed by atoms with E-state index in [1.165, 1.54) is 7.11 Å². The van der Waals surface area contributed by atoms with Gasteiger partial charge in [0.05, 0.1) is 16.1 Å². The molecule has 0 aliphatic rings. The first-order chi connectivity index (χ1) is 8.49. The number of rotatable bonds is 5. The Labute approximate surface area is 123 Å². The van der Waals surface area contributed by atoms with Gasteiger partial charge < -0.3 is 14.8 Å². The summed E-state index contributed by atoms with van der Waals surface area (Å²) in [6.07, 6.45) is -0.655. The van der Waals surface area contributed by atoms with E-state index < -0.39 is 12.1 Å². The SMILES string of the molecule is CNCc1cc(Br)c(OC(C)C(=O)OC)c(Br)c1. The fourth-order valence-electron chi connectivity index (χ4n) is 1.42. The maximum Gasteiger partial charge on any atom is 0.346 e. The average molecular weight is 381 g/mol. The van der Waals surface area contributed by atoms with Gasteiger partial charge in [0.1, 0.15) is 5.75 Å². The van der Waals surface area contributed by atoms with Crippen LogP contribution in [-0.4, -0.2) is 26.2 Å². The fraction of sp³-hybridized carbons (Fsp3) is 0.417. The summed E-state index contributed by atoms with van der Waals surface area (Å²) in [6.45, 7) is 2.40. The van der Waals surface area contributed by atoms with Crippen LogP contribution in [0.4, 0.5) is 0 Å². The molecule has 0 aromatic heterocycles. The number of esters is 1. The van der Waals surface area contributed by atoms with Crippen LogP contribution in [0.1, 0.15) is 12.5 Å². The Kier molecular flexibility index (Phi) is 6.11. The van der Waals surface area contributed by atoms with Crippen molar-refractivity contribution in [3.8, 4) is 5.75 Å². The Hall–Kier alpha value is -0.590. The van der Waals surface area contributed by atoms with Gasteiger partial charge >= 0.3 is 5.97 Å². The highest BCUT2D eigenvalue weighted by molar-refractivity contribution is 9.11. The fourth-order valence-corrected chi connectivity index (χ4v) is 2.89. The Balaban J connectivity index is 2.93. The van der Waals surface area contributed by atoms with E-state index in [-0.39, 0.29) is 0 Å². The summed E-state index contributed by atoms with van der Waals surface area (Å²) in [6, 6.07) is 3.89. The summed E-state index contributed by atoms with van der Waals surface area (Å²) in [5.41, 5.74) is 1.11. The van der Waals surface area contributed by atoms with Crippen molar-refractivity contribution >= 4 is 37.8 Å². The molecule has 0 heterocycles. The Morgan fingerprint density at radius 1 is 1.39 bits per heavy atom. The van der Waals surface area contributed by atoms with E-state index >= 15 is 0 Å². The second-order valence-corrected chi connectivity index (χ2v) is 5.41. The van der Waals surface area contributed by atoms with Crippen LogP contribution >= 0.6 is 31.9 Å². The maximum atomic E-state index is 11.3. The molecular weight excluding hydrogens is 366 g/mol. The molecule has 4 nitrogen and oxygen atoms in total. The zero-order valence-corrected chi connectivity index (χ0v) is 13.6. The average Bonchev–Trinajstić information content (AvgIpc) is 2.33. The third-order valence-electron chi connectivity index (χ3n) is 2.27. The molecule has 0 spiro atoms. The Morgan fingerprint density at radius 2 is 1.94 bits per heavy atom. The molecule has 1 rings (SSSR count). The van der Waals surface area contributed by atoms with Gasteiger partial charge in [-0.2, -0.15) is 0 Å². The summed E-state index contributed by atoms with van der Waals surface area (Å²) in [5.74, 6) is 0.181. The molecule has 1 N–H and O–H groups in total. The third-order valence-corrected chi connectivity index (χ3v) is 3.44. The first-order valence-electron chi connectivity index (χ1n) is 5.36. The first kappa shape index (κ1) is 15.5. The lowest BCUT2D eigenvalue weighted by Crippen LogP contribution is -2.25. The van der Waals surface area contributed by atoms with Crippen LogP contribution in [0.25, 0.3) is 0 Å². The van der Waals surface area contributed by atoms with Crippen LogP contribution in [0.15, 0.2) is 21.1 Å². The second-order valence-electron chi connectivity index (χ2n) is 3.70. The lowest BCUT2D eigenvalue weighted by Gasteiger charge is -2.16. The van der Waals surface area contributed by atoms with Gasteiger partial charge in [-0.3, -0.25) is 0 Å². The predicted molar refractivity (Wildman–Crippen MR) is 76.7 cm³/mol. The zero-order valence-electron chi connectivity index (χ0n) is 10.4. The highest BCUT2D eigenvalue weighted by Gasteiger charge is 2.18. The normalized spacial score (nSPS) is 12.1. The molecule has 0 aliphatic carbocycles. The van der Waals surface area contributed by atoms with Crippen LogP contribution in [0.3, 0.4) is 0 Å². The van der Waals surface area contributed by atoms with Gasteiger partial charge in [-0.25, -0.2) is 4.79 Å². The van der Waals surface area contributed by atoms with Crippen molar-refractivity contribution in [1.82, 2.24) is 5.32 Å². The van der Waals surface area contributed by atoms with E-state index in [0.717, 1.165) is 21.1 Å². The van der Waals surface area contributed by atoms with Crippen LogP contribution in [0, 0.1) is 0 Å². The van der Waals surface area contributed by atoms with Crippen molar-refractivity contribution in [2.24, 2.45) is 0 Å². The molecule has 0 saturated heterocycles. The number of benzene rings is 1. The summed E-state index contributed by atoms with van der Waals surface area (Å²) < 4.78 is 11.8. The molecule has 1 unspecified atom stereocenters. The first-order valence-corrected chi connectivity index (χ1v) is 6.95. The molecule has 18 heavy (non-hydrogen) atoms. The molecule has 0 saturated carbocycles. The molecule has 0 fully saturated rings. The number of halogens is 2. The van der Waals surface area contributed by atoms with Crippen LogP contribution < -0.4 is 10.1 Å². The molecule has 6 heteroatoms. The summed E-state index contributed by atoms with van der Waals surface area (Å²) in [7, 11) is 3.22. The van der Waals surface area contributed by atoms with Crippen LogP contribution in [0.5, 0.6) is 5.75 Å². The van der Waals surface area contributed by atoms with Gasteiger partial charge in [0, 0.05) is 6.54 Å². The number of methoxy groups -OCH3 is 1. The Bertz CT molecular complexity index is 414. The van der Waals surface area contributed by atoms with E-state index in [0.29, 0.717) is 5.75 Å². The van der Waals surface area contributed by atoms with E-state index in [1.54, 1.807) is 6.92 Å². The van der Waals surface area contributed by atoms with Gasteiger partial charge in [-0.1, -0.05) is 0 Å². The lowest BCUT2D eigenvalue weighted by atomic mass is 10.2. The van der Waals surface area contributed by atoms with Crippen molar-refractivity contribution in [1.29, 1.82) is 0 Å². The maximum absolute atomic E-state index is 11.3. The summed E-state index contributed by atoms with van der Waals surface area (Å²) in [4.78, 5) is 11.3. The van der Waals surface area contributed by atoms with Crippen molar-refractivity contribution in [3.63, 3.8) is 0 Å². The number of nitrogens with one attached hydrogen (secondary N) is 1. The summed E-state index contributed by atoms with van der Waals surface area (Å²) in [5, 5.41) is 3.07. The van der Waals surface area contributed by atoms with Gasteiger partial charge in [0.15, 0.2) is 6.10 Å².